The Labute approximate surface area is 147 Å². The number of hydrogen-bond donors (Lipinski definition) is 0. The van der Waals surface area contributed by atoms with Gasteiger partial charge in [0, 0.05) is 24.7 Å². The van der Waals surface area contributed by atoms with Gasteiger partial charge in [0.05, 0.1) is 18.2 Å². The van der Waals surface area contributed by atoms with Gasteiger partial charge in [-0.05, 0) is 24.3 Å². The van der Waals surface area contributed by atoms with Gasteiger partial charge in [0.2, 0.25) is 0 Å². The highest BCUT2D eigenvalue weighted by atomic mass is 32.2. The minimum atomic E-state index is -3.67. The zero-order chi connectivity index (χ0) is 17.4. The van der Waals surface area contributed by atoms with Crippen molar-refractivity contribution in [3.05, 3.63) is 65.7 Å². The summed E-state index contributed by atoms with van der Waals surface area (Å²) in [5.41, 5.74) is 2.63. The number of anilines is 1. The van der Waals surface area contributed by atoms with Crippen molar-refractivity contribution >= 4 is 21.6 Å². The molecular formula is C19H19NO4S. The average Bonchev–Trinajstić information content (AvgIpc) is 2.80. The van der Waals surface area contributed by atoms with Crippen molar-refractivity contribution in [1.82, 2.24) is 0 Å². The first-order chi connectivity index (χ1) is 12.1. The monoisotopic (exact) mass is 357 g/mol. The number of fused-ring (bicyclic) bond motifs is 2. The molecule has 0 aromatic heterocycles. The van der Waals surface area contributed by atoms with E-state index in [0.29, 0.717) is 30.1 Å². The molecule has 0 radical (unpaired) electrons. The zero-order valence-electron chi connectivity index (χ0n) is 13.9. The van der Waals surface area contributed by atoms with Gasteiger partial charge in [0.1, 0.15) is 11.5 Å². The third kappa shape index (κ3) is 2.98. The molecule has 1 unspecified atom stereocenters. The van der Waals surface area contributed by atoms with Gasteiger partial charge >= 0.3 is 10.1 Å². The van der Waals surface area contributed by atoms with Gasteiger partial charge in [-0.3, -0.25) is 0 Å². The van der Waals surface area contributed by atoms with Crippen molar-refractivity contribution in [2.24, 2.45) is 0 Å². The molecule has 0 saturated heterocycles. The summed E-state index contributed by atoms with van der Waals surface area (Å²) in [7, 11) is -1.75. The second-order valence-electron chi connectivity index (χ2n) is 6.22. The predicted octanol–water partition coefficient (Wildman–Crippen LogP) is 3.05. The highest BCUT2D eigenvalue weighted by Gasteiger charge is 2.38. The second kappa shape index (κ2) is 6.11. The van der Waals surface area contributed by atoms with Gasteiger partial charge in [-0.1, -0.05) is 30.3 Å². The van der Waals surface area contributed by atoms with Crippen molar-refractivity contribution < 1.29 is 17.3 Å². The molecule has 0 N–H and O–H groups in total. The van der Waals surface area contributed by atoms with Crippen LogP contribution in [0, 0.1) is 0 Å². The minimum Gasteiger partial charge on any atom is -0.492 e. The summed E-state index contributed by atoms with van der Waals surface area (Å²) in [5, 5.41) is 0. The normalized spacial score (nSPS) is 21.2. The van der Waals surface area contributed by atoms with Crippen LogP contribution in [0.2, 0.25) is 0 Å². The SMILES string of the molecule is CN(c1ccccc1)C1CS(=O)(=O)OC2=C1CCOc1ccccc12. The first-order valence-corrected chi connectivity index (χ1v) is 9.78. The van der Waals surface area contributed by atoms with E-state index in [9.17, 15) is 8.42 Å². The van der Waals surface area contributed by atoms with E-state index in [4.69, 9.17) is 8.92 Å². The number of rotatable bonds is 2. The molecule has 1 atom stereocenters. The van der Waals surface area contributed by atoms with Crippen LogP contribution in [0.15, 0.2) is 60.2 Å². The van der Waals surface area contributed by atoms with E-state index >= 15 is 0 Å². The fourth-order valence-electron chi connectivity index (χ4n) is 3.40. The second-order valence-corrected chi connectivity index (χ2v) is 7.83. The van der Waals surface area contributed by atoms with E-state index in [0.717, 1.165) is 11.3 Å². The van der Waals surface area contributed by atoms with Crippen LogP contribution in [0.3, 0.4) is 0 Å². The van der Waals surface area contributed by atoms with Gasteiger partial charge in [-0.25, -0.2) is 0 Å². The molecule has 6 heteroatoms. The van der Waals surface area contributed by atoms with Crippen molar-refractivity contribution in [3.63, 3.8) is 0 Å². The summed E-state index contributed by atoms with van der Waals surface area (Å²) in [6, 6.07) is 16.9. The number of para-hydroxylation sites is 2. The topological polar surface area (TPSA) is 55.8 Å². The lowest BCUT2D eigenvalue weighted by Gasteiger charge is -2.35. The van der Waals surface area contributed by atoms with Crippen molar-refractivity contribution in [3.8, 4) is 5.75 Å². The predicted molar refractivity (Wildman–Crippen MR) is 97.0 cm³/mol. The number of benzene rings is 2. The molecule has 5 nitrogen and oxygen atoms in total. The van der Waals surface area contributed by atoms with E-state index in [2.05, 4.69) is 0 Å². The third-order valence-corrected chi connectivity index (χ3v) is 5.80. The Kier molecular flexibility index (Phi) is 3.92. The van der Waals surface area contributed by atoms with Crippen LogP contribution in [0.4, 0.5) is 5.69 Å². The number of ether oxygens (including phenoxy) is 1. The molecule has 4 rings (SSSR count). The van der Waals surface area contributed by atoms with E-state index in [1.165, 1.54) is 0 Å². The number of likely N-dealkylation sites (N-methyl/N-ethyl adjacent to an activating group) is 1. The average molecular weight is 357 g/mol. The molecule has 0 saturated carbocycles. The first kappa shape index (κ1) is 16.0. The van der Waals surface area contributed by atoms with Gasteiger partial charge < -0.3 is 13.8 Å². The summed E-state index contributed by atoms with van der Waals surface area (Å²) >= 11 is 0. The molecule has 2 aliphatic rings. The van der Waals surface area contributed by atoms with E-state index in [1.54, 1.807) is 0 Å². The fourth-order valence-corrected chi connectivity index (χ4v) is 4.73. The Morgan fingerprint density at radius 2 is 1.76 bits per heavy atom. The molecular weight excluding hydrogens is 338 g/mol. The Morgan fingerprint density at radius 3 is 2.56 bits per heavy atom. The maximum Gasteiger partial charge on any atom is 0.311 e. The zero-order valence-corrected chi connectivity index (χ0v) is 14.7. The lowest BCUT2D eigenvalue weighted by Crippen LogP contribution is -2.43. The van der Waals surface area contributed by atoms with Crippen molar-refractivity contribution in [2.45, 2.75) is 12.5 Å². The molecule has 130 valence electrons. The molecule has 0 amide bonds. The van der Waals surface area contributed by atoms with Crippen LogP contribution in [-0.4, -0.2) is 33.9 Å². The first-order valence-electron chi connectivity index (χ1n) is 8.20. The molecule has 0 bridgehead atoms. The summed E-state index contributed by atoms with van der Waals surface area (Å²) in [6.07, 6.45) is 0.626. The third-order valence-electron chi connectivity index (χ3n) is 4.66. The van der Waals surface area contributed by atoms with Crippen LogP contribution in [-0.2, 0) is 14.3 Å². The lowest BCUT2D eigenvalue weighted by atomic mass is 9.98. The highest BCUT2D eigenvalue weighted by molar-refractivity contribution is 7.87. The number of nitrogens with zero attached hydrogens (tertiary/aromatic N) is 1. The summed E-state index contributed by atoms with van der Waals surface area (Å²) in [5.74, 6) is 1.01. The van der Waals surface area contributed by atoms with E-state index in [-0.39, 0.29) is 11.8 Å². The van der Waals surface area contributed by atoms with Crippen LogP contribution in [0.5, 0.6) is 5.75 Å². The van der Waals surface area contributed by atoms with Crippen molar-refractivity contribution in [1.29, 1.82) is 0 Å². The standard InChI is InChI=1S/C19H19NO4S/c1-20(14-7-3-2-4-8-14)17-13-25(21,22)24-19-15(17)11-12-23-18-10-6-5-9-16(18)19/h2-10,17H,11-13H2,1H3. The maximum absolute atomic E-state index is 12.4. The maximum atomic E-state index is 12.4. The van der Waals surface area contributed by atoms with Gasteiger partial charge in [0.25, 0.3) is 0 Å². The van der Waals surface area contributed by atoms with E-state index < -0.39 is 10.1 Å². The molecule has 0 aliphatic carbocycles. The lowest BCUT2D eigenvalue weighted by molar-refractivity contribution is 0.321. The number of hydrogen-bond acceptors (Lipinski definition) is 5. The molecule has 0 fully saturated rings. The van der Waals surface area contributed by atoms with Gasteiger partial charge in [0.15, 0.2) is 5.76 Å². The van der Waals surface area contributed by atoms with Crippen LogP contribution < -0.4 is 9.64 Å². The molecule has 0 spiro atoms. The smallest absolute Gasteiger partial charge is 0.311 e. The van der Waals surface area contributed by atoms with Crippen LogP contribution >= 0.6 is 0 Å². The summed E-state index contributed by atoms with van der Waals surface area (Å²) < 4.78 is 36.2. The summed E-state index contributed by atoms with van der Waals surface area (Å²) in [4.78, 5) is 2.00. The Balaban J connectivity index is 1.85. The van der Waals surface area contributed by atoms with Crippen LogP contribution in [0.1, 0.15) is 12.0 Å². The molecule has 2 heterocycles. The minimum absolute atomic E-state index is 0.0700. The largest absolute Gasteiger partial charge is 0.492 e. The Bertz CT molecular complexity index is 921. The molecule has 2 aliphatic heterocycles. The summed E-state index contributed by atoms with van der Waals surface area (Å²) in [6.45, 7) is 0.498. The Hall–Kier alpha value is -2.47. The van der Waals surface area contributed by atoms with Crippen molar-refractivity contribution in [2.75, 3.05) is 24.3 Å². The van der Waals surface area contributed by atoms with Gasteiger partial charge in [-0.15, -0.1) is 0 Å². The van der Waals surface area contributed by atoms with Crippen LogP contribution in [0.25, 0.3) is 5.76 Å². The Morgan fingerprint density at radius 1 is 1.04 bits per heavy atom. The molecule has 25 heavy (non-hydrogen) atoms. The highest BCUT2D eigenvalue weighted by Crippen LogP contribution is 2.40. The van der Waals surface area contributed by atoms with Gasteiger partial charge in [-0.2, -0.15) is 8.42 Å². The van der Waals surface area contributed by atoms with E-state index in [1.807, 2.05) is 66.5 Å². The molecule has 2 aromatic rings. The fraction of sp³-hybridized carbons (Fsp3) is 0.263. The molecule has 2 aromatic carbocycles. The quantitative estimate of drug-likeness (QED) is 0.773.